The minimum atomic E-state index is -1.07. The molecule has 1 aromatic heterocycles. The molecule has 19 heavy (non-hydrogen) atoms. The number of aliphatic hydroxyl groups is 1. The minimum absolute atomic E-state index is 0.194. The molecule has 0 saturated heterocycles. The van der Waals surface area contributed by atoms with Gasteiger partial charge in [-0.1, -0.05) is 37.3 Å². The van der Waals surface area contributed by atoms with Crippen molar-refractivity contribution in [3.63, 3.8) is 0 Å². The average Bonchev–Trinajstić information content (AvgIpc) is 2.79. The first-order valence-corrected chi connectivity index (χ1v) is 6.39. The lowest BCUT2D eigenvalue weighted by atomic mass is 10.0. The minimum Gasteiger partial charge on any atom is -0.381 e. The van der Waals surface area contributed by atoms with Crippen molar-refractivity contribution in [2.24, 2.45) is 7.05 Å². The van der Waals surface area contributed by atoms with E-state index < -0.39 is 6.10 Å². The third-order valence-corrected chi connectivity index (χ3v) is 3.17. The highest BCUT2D eigenvalue weighted by atomic mass is 16.3. The van der Waals surface area contributed by atoms with Crippen LogP contribution in [0.4, 0.5) is 0 Å². The second kappa shape index (κ2) is 5.80. The predicted molar refractivity (Wildman–Crippen MR) is 72.7 cm³/mol. The van der Waals surface area contributed by atoms with Crippen LogP contribution in [0.3, 0.4) is 0 Å². The highest BCUT2D eigenvalue weighted by Crippen LogP contribution is 2.16. The van der Waals surface area contributed by atoms with Gasteiger partial charge in [-0.15, -0.1) is 0 Å². The molecule has 1 unspecified atom stereocenters. The molecule has 0 saturated carbocycles. The summed E-state index contributed by atoms with van der Waals surface area (Å²) in [5.41, 5.74) is 2.42. The third kappa shape index (κ3) is 3.09. The molecule has 0 radical (unpaired) electrons. The second-order valence-corrected chi connectivity index (χ2v) is 4.56. The molecule has 100 valence electrons. The summed E-state index contributed by atoms with van der Waals surface area (Å²) in [6.45, 7) is 2.02. The van der Waals surface area contributed by atoms with Gasteiger partial charge in [0.2, 0.25) is 0 Å². The van der Waals surface area contributed by atoms with Crippen LogP contribution in [0.15, 0.2) is 36.4 Å². The van der Waals surface area contributed by atoms with Crippen LogP contribution < -0.4 is 0 Å². The van der Waals surface area contributed by atoms with Gasteiger partial charge < -0.3 is 5.11 Å². The van der Waals surface area contributed by atoms with E-state index in [0.717, 1.165) is 17.8 Å². The number of carbonyl (C=O) groups excluding carboxylic acids is 1. The predicted octanol–water partition coefficient (Wildman–Crippen LogP) is 1.83. The molecule has 1 aromatic carbocycles. The van der Waals surface area contributed by atoms with Crippen LogP contribution in [0, 0.1) is 0 Å². The van der Waals surface area contributed by atoms with Crippen LogP contribution in [0.25, 0.3) is 0 Å². The topological polar surface area (TPSA) is 55.1 Å². The number of Topliss-reactive ketones (excluding diaryl/α,β-unsaturated/α-hetero) is 1. The van der Waals surface area contributed by atoms with Gasteiger partial charge in [0, 0.05) is 12.7 Å². The zero-order valence-electron chi connectivity index (χ0n) is 11.2. The van der Waals surface area contributed by atoms with Gasteiger partial charge in [-0.3, -0.25) is 9.48 Å². The van der Waals surface area contributed by atoms with Gasteiger partial charge in [0.1, 0.15) is 6.10 Å². The lowest BCUT2D eigenvalue weighted by Gasteiger charge is -2.09. The summed E-state index contributed by atoms with van der Waals surface area (Å²) < 4.78 is 1.70. The molecule has 0 amide bonds. The standard InChI is InChI=1S/C15H18N2O2/c1-3-12-9-13(17(2)16-12)10-14(18)15(19)11-7-5-4-6-8-11/h4-9,15,19H,3,10H2,1-2H3. The fourth-order valence-electron chi connectivity index (χ4n) is 2.01. The Bertz CT molecular complexity index is 561. The van der Waals surface area contributed by atoms with Crippen molar-refractivity contribution in [1.29, 1.82) is 0 Å². The number of aromatic nitrogens is 2. The summed E-state index contributed by atoms with van der Waals surface area (Å²) in [4.78, 5) is 12.1. The van der Waals surface area contributed by atoms with E-state index in [-0.39, 0.29) is 12.2 Å². The monoisotopic (exact) mass is 258 g/mol. The van der Waals surface area contributed by atoms with Gasteiger partial charge in [-0.2, -0.15) is 5.10 Å². The number of benzene rings is 1. The Morgan fingerprint density at radius 1 is 1.37 bits per heavy atom. The summed E-state index contributed by atoms with van der Waals surface area (Å²) in [7, 11) is 1.82. The number of hydrogen-bond acceptors (Lipinski definition) is 3. The zero-order chi connectivity index (χ0) is 13.8. The Morgan fingerprint density at radius 3 is 2.63 bits per heavy atom. The molecule has 0 aliphatic carbocycles. The molecule has 2 aromatic rings. The normalized spacial score (nSPS) is 12.4. The Balaban J connectivity index is 2.10. The van der Waals surface area contributed by atoms with Gasteiger partial charge in [-0.05, 0) is 18.1 Å². The van der Waals surface area contributed by atoms with E-state index in [1.54, 1.807) is 16.8 Å². The van der Waals surface area contributed by atoms with Crippen LogP contribution in [0.5, 0.6) is 0 Å². The molecule has 0 aliphatic heterocycles. The van der Waals surface area contributed by atoms with Gasteiger partial charge in [-0.25, -0.2) is 0 Å². The number of carbonyl (C=O) groups is 1. The van der Waals surface area contributed by atoms with Gasteiger partial charge in [0.25, 0.3) is 0 Å². The molecule has 4 heteroatoms. The van der Waals surface area contributed by atoms with Gasteiger partial charge in [0.05, 0.1) is 12.1 Å². The summed E-state index contributed by atoms with van der Waals surface area (Å²) in [6.07, 6.45) is -0.0378. The average molecular weight is 258 g/mol. The Morgan fingerprint density at radius 2 is 2.05 bits per heavy atom. The smallest absolute Gasteiger partial charge is 0.171 e. The Kier molecular flexibility index (Phi) is 4.12. The zero-order valence-corrected chi connectivity index (χ0v) is 11.2. The van der Waals surface area contributed by atoms with E-state index in [1.807, 2.05) is 38.2 Å². The third-order valence-electron chi connectivity index (χ3n) is 3.17. The van der Waals surface area contributed by atoms with E-state index in [2.05, 4.69) is 5.10 Å². The van der Waals surface area contributed by atoms with Crippen molar-refractivity contribution in [2.45, 2.75) is 25.9 Å². The molecular formula is C15H18N2O2. The lowest BCUT2D eigenvalue weighted by Crippen LogP contribution is -2.16. The first kappa shape index (κ1) is 13.5. The van der Waals surface area contributed by atoms with Crippen molar-refractivity contribution in [3.8, 4) is 0 Å². The fourth-order valence-corrected chi connectivity index (χ4v) is 2.01. The lowest BCUT2D eigenvalue weighted by molar-refractivity contribution is -0.126. The quantitative estimate of drug-likeness (QED) is 0.890. The number of rotatable bonds is 5. The number of ketones is 1. The Labute approximate surface area is 112 Å². The van der Waals surface area contributed by atoms with Crippen LogP contribution in [-0.2, 0) is 24.7 Å². The van der Waals surface area contributed by atoms with E-state index >= 15 is 0 Å². The summed E-state index contributed by atoms with van der Waals surface area (Å²) in [5.74, 6) is -0.211. The van der Waals surface area contributed by atoms with Crippen LogP contribution in [-0.4, -0.2) is 20.7 Å². The molecule has 0 fully saturated rings. The molecule has 2 rings (SSSR count). The molecule has 0 aliphatic rings. The van der Waals surface area contributed by atoms with E-state index in [1.165, 1.54) is 0 Å². The SMILES string of the molecule is CCc1cc(CC(=O)C(O)c2ccccc2)n(C)n1. The van der Waals surface area contributed by atoms with E-state index in [4.69, 9.17) is 0 Å². The summed E-state index contributed by atoms with van der Waals surface area (Å²) in [6, 6.07) is 10.9. The largest absolute Gasteiger partial charge is 0.381 e. The molecule has 1 N–H and O–H groups in total. The first-order valence-electron chi connectivity index (χ1n) is 6.39. The molecule has 1 heterocycles. The summed E-state index contributed by atoms with van der Waals surface area (Å²) in [5, 5.41) is 14.3. The van der Waals surface area contributed by atoms with E-state index in [9.17, 15) is 9.90 Å². The highest BCUT2D eigenvalue weighted by Gasteiger charge is 2.19. The maximum atomic E-state index is 12.1. The van der Waals surface area contributed by atoms with Gasteiger partial charge in [0.15, 0.2) is 5.78 Å². The molecule has 1 atom stereocenters. The van der Waals surface area contributed by atoms with Gasteiger partial charge >= 0.3 is 0 Å². The number of aliphatic hydroxyl groups excluding tert-OH is 1. The number of nitrogens with zero attached hydrogens (tertiary/aromatic N) is 2. The molecule has 0 bridgehead atoms. The molecule has 4 nitrogen and oxygen atoms in total. The van der Waals surface area contributed by atoms with E-state index in [0.29, 0.717) is 5.56 Å². The van der Waals surface area contributed by atoms with Crippen LogP contribution >= 0.6 is 0 Å². The fraction of sp³-hybridized carbons (Fsp3) is 0.333. The first-order chi connectivity index (χ1) is 9.11. The van der Waals surface area contributed by atoms with Crippen molar-refractivity contribution < 1.29 is 9.90 Å². The second-order valence-electron chi connectivity index (χ2n) is 4.56. The summed E-state index contributed by atoms with van der Waals surface area (Å²) >= 11 is 0. The molecule has 0 spiro atoms. The molecular weight excluding hydrogens is 240 g/mol. The Hall–Kier alpha value is -1.94. The van der Waals surface area contributed by atoms with Crippen molar-refractivity contribution in [3.05, 3.63) is 53.3 Å². The highest BCUT2D eigenvalue weighted by molar-refractivity contribution is 5.85. The van der Waals surface area contributed by atoms with Crippen molar-refractivity contribution in [1.82, 2.24) is 9.78 Å². The van der Waals surface area contributed by atoms with Crippen molar-refractivity contribution >= 4 is 5.78 Å². The van der Waals surface area contributed by atoms with Crippen LogP contribution in [0.1, 0.15) is 30.0 Å². The van der Waals surface area contributed by atoms with Crippen LogP contribution in [0.2, 0.25) is 0 Å². The van der Waals surface area contributed by atoms with Crippen molar-refractivity contribution in [2.75, 3.05) is 0 Å². The number of hydrogen-bond donors (Lipinski definition) is 1. The maximum absolute atomic E-state index is 12.1. The maximum Gasteiger partial charge on any atom is 0.171 e. The number of aryl methyl sites for hydroxylation is 2.